The van der Waals surface area contributed by atoms with Crippen LogP contribution in [-0.4, -0.2) is 35.7 Å². The van der Waals surface area contributed by atoms with E-state index < -0.39 is 11.5 Å². The Morgan fingerprint density at radius 3 is 2.53 bits per heavy atom. The van der Waals surface area contributed by atoms with E-state index in [1.165, 1.54) is 0 Å². The van der Waals surface area contributed by atoms with Crippen molar-refractivity contribution in [2.45, 2.75) is 57.9 Å². The van der Waals surface area contributed by atoms with Crippen molar-refractivity contribution in [2.24, 2.45) is 5.92 Å². The maximum Gasteiger partial charge on any atom is 0.305 e. The predicted octanol–water partition coefficient (Wildman–Crippen LogP) is 1.95. The molecule has 1 aliphatic heterocycles. The number of hydrogen-bond donors (Lipinski definition) is 2. The van der Waals surface area contributed by atoms with Crippen molar-refractivity contribution in [3.63, 3.8) is 0 Å². The molecule has 0 aromatic heterocycles. The van der Waals surface area contributed by atoms with E-state index in [0.717, 1.165) is 19.3 Å². The number of carboxylic acids is 1. The minimum atomic E-state index is -0.872. The lowest BCUT2D eigenvalue weighted by molar-refractivity contribution is -0.141. The third kappa shape index (κ3) is 5.19. The Labute approximate surface area is 114 Å². The molecule has 1 atom stereocenters. The van der Waals surface area contributed by atoms with Gasteiger partial charge < -0.3 is 15.2 Å². The summed E-state index contributed by atoms with van der Waals surface area (Å²) in [5, 5.41) is 12.0. The highest BCUT2D eigenvalue weighted by Gasteiger charge is 2.37. The largest absolute Gasteiger partial charge is 0.481 e. The molecule has 1 fully saturated rings. The fourth-order valence-corrected chi connectivity index (χ4v) is 2.42. The average Bonchev–Trinajstić information content (AvgIpc) is 2.35. The number of ether oxygens (including phenoxy) is 1. The zero-order valence-electron chi connectivity index (χ0n) is 11.9. The second-order valence-corrected chi connectivity index (χ2v) is 5.50. The number of carbonyl (C=O) groups excluding carboxylic acids is 1. The molecule has 0 radical (unpaired) electrons. The highest BCUT2D eigenvalue weighted by atomic mass is 16.5. The Bertz CT molecular complexity index is 311. The normalized spacial score (nSPS) is 19.7. The quantitative estimate of drug-likeness (QED) is 0.742. The molecule has 5 nitrogen and oxygen atoms in total. The number of unbranched alkanes of at least 4 members (excludes halogenated alkanes) is 1. The van der Waals surface area contributed by atoms with Gasteiger partial charge in [-0.15, -0.1) is 0 Å². The predicted molar refractivity (Wildman–Crippen MR) is 71.9 cm³/mol. The number of carbonyl (C=O) groups is 2. The zero-order chi connectivity index (χ0) is 14.3. The van der Waals surface area contributed by atoms with E-state index in [-0.39, 0.29) is 18.2 Å². The Morgan fingerprint density at radius 2 is 2.00 bits per heavy atom. The molecule has 2 N–H and O–H groups in total. The summed E-state index contributed by atoms with van der Waals surface area (Å²) >= 11 is 0. The highest BCUT2D eigenvalue weighted by Crippen LogP contribution is 2.25. The van der Waals surface area contributed by atoms with Crippen LogP contribution in [0.4, 0.5) is 0 Å². The summed E-state index contributed by atoms with van der Waals surface area (Å²) in [6, 6.07) is 0. The number of rotatable bonds is 7. The molecule has 1 amide bonds. The van der Waals surface area contributed by atoms with Crippen LogP contribution < -0.4 is 5.32 Å². The van der Waals surface area contributed by atoms with Crippen molar-refractivity contribution in [3.05, 3.63) is 0 Å². The van der Waals surface area contributed by atoms with Crippen molar-refractivity contribution in [2.75, 3.05) is 13.2 Å². The molecule has 0 bridgehead atoms. The summed E-state index contributed by atoms with van der Waals surface area (Å²) in [5.41, 5.74) is -0.623. The minimum Gasteiger partial charge on any atom is -0.481 e. The van der Waals surface area contributed by atoms with Crippen molar-refractivity contribution >= 4 is 11.9 Å². The molecule has 1 heterocycles. The number of hydrogen-bond acceptors (Lipinski definition) is 3. The van der Waals surface area contributed by atoms with Gasteiger partial charge in [0.1, 0.15) is 0 Å². The molecule has 0 aromatic rings. The van der Waals surface area contributed by atoms with Gasteiger partial charge in [-0.05, 0) is 19.3 Å². The van der Waals surface area contributed by atoms with Gasteiger partial charge in [0.25, 0.3) is 0 Å². The van der Waals surface area contributed by atoms with Gasteiger partial charge in [0.2, 0.25) is 5.91 Å². The summed E-state index contributed by atoms with van der Waals surface area (Å²) in [4.78, 5) is 23.2. The molecule has 1 saturated heterocycles. The van der Waals surface area contributed by atoms with Crippen molar-refractivity contribution < 1.29 is 19.4 Å². The van der Waals surface area contributed by atoms with Crippen molar-refractivity contribution in [1.82, 2.24) is 5.32 Å². The molecule has 0 saturated carbocycles. The van der Waals surface area contributed by atoms with Gasteiger partial charge in [-0.1, -0.05) is 26.7 Å². The monoisotopic (exact) mass is 271 g/mol. The topological polar surface area (TPSA) is 75.6 Å². The lowest BCUT2D eigenvalue weighted by atomic mass is 9.85. The lowest BCUT2D eigenvalue weighted by Crippen LogP contribution is -2.54. The van der Waals surface area contributed by atoms with E-state index in [0.29, 0.717) is 26.1 Å². The third-order valence-electron chi connectivity index (χ3n) is 3.77. The molecular formula is C14H25NO4. The first-order chi connectivity index (χ1) is 8.99. The van der Waals surface area contributed by atoms with Crippen LogP contribution in [0.1, 0.15) is 52.4 Å². The van der Waals surface area contributed by atoms with Gasteiger partial charge in [0.15, 0.2) is 0 Å². The average molecular weight is 271 g/mol. The Balaban J connectivity index is 2.61. The van der Waals surface area contributed by atoms with Gasteiger partial charge in [-0.3, -0.25) is 9.59 Å². The fourth-order valence-electron chi connectivity index (χ4n) is 2.42. The van der Waals surface area contributed by atoms with Crippen LogP contribution in [0.3, 0.4) is 0 Å². The summed E-state index contributed by atoms with van der Waals surface area (Å²) in [5.74, 6) is -0.964. The van der Waals surface area contributed by atoms with E-state index in [2.05, 4.69) is 12.2 Å². The third-order valence-corrected chi connectivity index (χ3v) is 3.77. The van der Waals surface area contributed by atoms with E-state index in [4.69, 9.17) is 9.84 Å². The lowest BCUT2D eigenvalue weighted by Gasteiger charge is -2.37. The van der Waals surface area contributed by atoms with E-state index in [1.807, 2.05) is 6.92 Å². The molecular weight excluding hydrogens is 246 g/mol. The first-order valence-corrected chi connectivity index (χ1v) is 7.10. The zero-order valence-corrected chi connectivity index (χ0v) is 11.9. The van der Waals surface area contributed by atoms with Crippen LogP contribution in [0, 0.1) is 5.92 Å². The number of amides is 1. The Hall–Kier alpha value is -1.10. The maximum absolute atomic E-state index is 12.2. The molecule has 19 heavy (non-hydrogen) atoms. The second-order valence-electron chi connectivity index (χ2n) is 5.50. The summed E-state index contributed by atoms with van der Waals surface area (Å²) in [6.07, 6.45) is 4.05. The molecule has 0 spiro atoms. The van der Waals surface area contributed by atoms with E-state index in [9.17, 15) is 9.59 Å². The van der Waals surface area contributed by atoms with Gasteiger partial charge in [-0.25, -0.2) is 0 Å². The van der Waals surface area contributed by atoms with E-state index in [1.54, 1.807) is 0 Å². The fraction of sp³-hybridized carbons (Fsp3) is 0.857. The first kappa shape index (κ1) is 16.0. The second kappa shape index (κ2) is 7.48. The highest BCUT2D eigenvalue weighted by molar-refractivity contribution is 5.80. The molecule has 1 aliphatic rings. The van der Waals surface area contributed by atoms with E-state index >= 15 is 0 Å². The molecule has 1 unspecified atom stereocenters. The summed E-state index contributed by atoms with van der Waals surface area (Å²) < 4.78 is 5.27. The smallest absolute Gasteiger partial charge is 0.305 e. The van der Waals surface area contributed by atoms with Crippen LogP contribution in [0.15, 0.2) is 0 Å². The number of carboxylic acid groups (broad SMARTS) is 1. The summed E-state index contributed by atoms with van der Waals surface area (Å²) in [7, 11) is 0. The molecule has 0 aliphatic carbocycles. The number of aliphatic carboxylic acids is 1. The molecule has 1 rings (SSSR count). The van der Waals surface area contributed by atoms with Gasteiger partial charge >= 0.3 is 5.97 Å². The Kier molecular flexibility index (Phi) is 6.28. The van der Waals surface area contributed by atoms with Crippen LogP contribution in [-0.2, 0) is 14.3 Å². The SMILES string of the molecule is CCCCC(C)C(=O)NC1(CC(=O)O)CCOCC1. The van der Waals surface area contributed by atoms with Crippen LogP contribution in [0.2, 0.25) is 0 Å². The Morgan fingerprint density at radius 1 is 1.37 bits per heavy atom. The summed E-state index contributed by atoms with van der Waals surface area (Å²) in [6.45, 7) is 5.02. The standard InChI is InChI=1S/C14H25NO4/c1-3-4-5-11(2)13(18)15-14(10-12(16)17)6-8-19-9-7-14/h11H,3-10H2,1-2H3,(H,15,18)(H,16,17). The molecule has 5 heteroatoms. The van der Waals surface area contributed by atoms with Gasteiger partial charge in [-0.2, -0.15) is 0 Å². The van der Waals surface area contributed by atoms with Gasteiger partial charge in [0, 0.05) is 19.1 Å². The molecule has 0 aromatic carbocycles. The van der Waals surface area contributed by atoms with Crippen LogP contribution >= 0.6 is 0 Å². The van der Waals surface area contributed by atoms with Crippen LogP contribution in [0.25, 0.3) is 0 Å². The van der Waals surface area contributed by atoms with Crippen molar-refractivity contribution in [3.8, 4) is 0 Å². The molecule has 110 valence electrons. The maximum atomic E-state index is 12.2. The van der Waals surface area contributed by atoms with Crippen LogP contribution in [0.5, 0.6) is 0 Å². The van der Waals surface area contributed by atoms with Gasteiger partial charge in [0.05, 0.1) is 12.0 Å². The van der Waals surface area contributed by atoms with Crippen molar-refractivity contribution in [1.29, 1.82) is 0 Å². The minimum absolute atomic E-state index is 0.0252. The number of nitrogens with one attached hydrogen (secondary N) is 1. The first-order valence-electron chi connectivity index (χ1n) is 7.10.